The molecule has 0 unspecified atom stereocenters. The van der Waals surface area contributed by atoms with Gasteiger partial charge in [0, 0.05) is 10.6 Å². The monoisotopic (exact) mass is 340 g/mol. The van der Waals surface area contributed by atoms with Gasteiger partial charge in [-0.1, -0.05) is 35.7 Å². The number of esters is 1. The smallest absolute Gasteiger partial charge is 0.343 e. The summed E-state index contributed by atoms with van der Waals surface area (Å²) >= 11 is 12.1. The first-order chi connectivity index (χ1) is 10.6. The molecule has 116 valence electrons. The van der Waals surface area contributed by atoms with E-state index in [0.29, 0.717) is 34.9 Å². The lowest BCUT2D eigenvalue weighted by Gasteiger charge is -2.32. The highest BCUT2D eigenvalue weighted by Gasteiger charge is 2.50. The first-order valence-electron chi connectivity index (χ1n) is 7.11. The second-order valence-electron chi connectivity index (χ2n) is 5.49. The van der Waals surface area contributed by atoms with Crippen molar-refractivity contribution in [2.75, 3.05) is 0 Å². The molecule has 3 rings (SSSR count). The van der Waals surface area contributed by atoms with Crippen LogP contribution in [0.2, 0.25) is 10.0 Å². The van der Waals surface area contributed by atoms with E-state index in [1.54, 1.807) is 18.2 Å². The van der Waals surface area contributed by atoms with Gasteiger partial charge in [0.1, 0.15) is 5.57 Å². The summed E-state index contributed by atoms with van der Waals surface area (Å²) < 4.78 is 10.8. The van der Waals surface area contributed by atoms with Crippen molar-refractivity contribution in [1.29, 1.82) is 0 Å². The highest BCUT2D eigenvalue weighted by molar-refractivity contribution is 6.37. The van der Waals surface area contributed by atoms with Gasteiger partial charge >= 0.3 is 5.97 Å². The average molecular weight is 341 g/mol. The number of halogens is 2. The van der Waals surface area contributed by atoms with Gasteiger partial charge < -0.3 is 9.47 Å². The van der Waals surface area contributed by atoms with Crippen LogP contribution in [0.5, 0.6) is 0 Å². The Morgan fingerprint density at radius 2 is 1.91 bits per heavy atom. The van der Waals surface area contributed by atoms with Crippen LogP contribution in [0.3, 0.4) is 0 Å². The molecule has 1 heterocycles. The van der Waals surface area contributed by atoms with Gasteiger partial charge in [-0.05, 0) is 37.8 Å². The van der Waals surface area contributed by atoms with Crippen molar-refractivity contribution in [2.45, 2.75) is 37.7 Å². The summed E-state index contributed by atoms with van der Waals surface area (Å²) in [6.45, 7) is 0.331. The van der Waals surface area contributed by atoms with Crippen molar-refractivity contribution in [3.8, 4) is 0 Å². The Morgan fingerprint density at radius 1 is 1.18 bits per heavy atom. The fourth-order valence-electron chi connectivity index (χ4n) is 3.19. The van der Waals surface area contributed by atoms with Gasteiger partial charge in [0.05, 0.1) is 5.02 Å². The van der Waals surface area contributed by atoms with E-state index in [2.05, 4.69) is 0 Å². The molecule has 0 atom stereocenters. The molecule has 2 aliphatic rings. The van der Waals surface area contributed by atoms with E-state index in [4.69, 9.17) is 32.7 Å². The summed E-state index contributed by atoms with van der Waals surface area (Å²) in [7, 11) is 0. The lowest BCUT2D eigenvalue weighted by atomic mass is 9.82. The van der Waals surface area contributed by atoms with Crippen LogP contribution < -0.4 is 0 Å². The molecule has 1 spiro atoms. The molecule has 0 radical (unpaired) electrons. The lowest BCUT2D eigenvalue weighted by molar-refractivity contribution is -0.152. The van der Waals surface area contributed by atoms with E-state index in [9.17, 15) is 9.59 Å². The second kappa shape index (κ2) is 5.94. The van der Waals surface area contributed by atoms with Gasteiger partial charge in [0.25, 0.3) is 6.47 Å². The van der Waals surface area contributed by atoms with Crippen molar-refractivity contribution in [3.05, 3.63) is 39.6 Å². The Balaban J connectivity index is 2.15. The Kier molecular flexibility index (Phi) is 4.15. The van der Waals surface area contributed by atoms with E-state index >= 15 is 0 Å². The number of ether oxygens (including phenoxy) is 2. The Bertz CT molecular complexity index is 660. The van der Waals surface area contributed by atoms with Gasteiger partial charge in [-0.2, -0.15) is 0 Å². The molecule has 1 fully saturated rings. The van der Waals surface area contributed by atoms with E-state index in [-0.39, 0.29) is 11.3 Å². The van der Waals surface area contributed by atoms with E-state index in [0.717, 1.165) is 19.3 Å². The van der Waals surface area contributed by atoms with Gasteiger partial charge in [-0.3, -0.25) is 4.79 Å². The van der Waals surface area contributed by atoms with Crippen LogP contribution in [0.4, 0.5) is 0 Å². The first kappa shape index (κ1) is 15.4. The first-order valence-corrected chi connectivity index (χ1v) is 7.87. The van der Waals surface area contributed by atoms with Crippen molar-refractivity contribution < 1.29 is 19.1 Å². The molecular weight excluding hydrogens is 327 g/mol. The van der Waals surface area contributed by atoms with Crippen molar-refractivity contribution in [1.82, 2.24) is 0 Å². The third kappa shape index (κ3) is 2.50. The van der Waals surface area contributed by atoms with Gasteiger partial charge in [0.2, 0.25) is 0 Å². The van der Waals surface area contributed by atoms with Crippen LogP contribution in [0.1, 0.15) is 37.7 Å². The SMILES string of the molecule is O=COC1=C(c2ccc(Cl)cc2Cl)C(=O)OC12CCCCC2. The molecule has 0 amide bonds. The van der Waals surface area contributed by atoms with Crippen LogP contribution in [0, 0.1) is 0 Å². The van der Waals surface area contributed by atoms with Crippen molar-refractivity contribution >= 4 is 41.2 Å². The van der Waals surface area contributed by atoms with Crippen LogP contribution >= 0.6 is 23.2 Å². The van der Waals surface area contributed by atoms with Crippen LogP contribution in [-0.2, 0) is 19.1 Å². The van der Waals surface area contributed by atoms with E-state index < -0.39 is 11.6 Å². The largest absolute Gasteiger partial charge is 0.447 e. The maximum absolute atomic E-state index is 12.4. The summed E-state index contributed by atoms with van der Waals surface area (Å²) in [5.74, 6) is -0.237. The van der Waals surface area contributed by atoms with Gasteiger partial charge in [-0.25, -0.2) is 4.79 Å². The molecule has 6 heteroatoms. The third-order valence-electron chi connectivity index (χ3n) is 4.16. The van der Waals surface area contributed by atoms with E-state index in [1.807, 2.05) is 0 Å². The predicted molar refractivity (Wildman–Crippen MR) is 82.4 cm³/mol. The molecule has 1 aromatic carbocycles. The zero-order valence-corrected chi connectivity index (χ0v) is 13.2. The summed E-state index contributed by atoms with van der Waals surface area (Å²) in [5, 5.41) is 0.783. The topological polar surface area (TPSA) is 52.6 Å². The average Bonchev–Trinajstić information content (AvgIpc) is 2.73. The number of hydrogen-bond donors (Lipinski definition) is 0. The highest BCUT2D eigenvalue weighted by atomic mass is 35.5. The fourth-order valence-corrected chi connectivity index (χ4v) is 3.69. The van der Waals surface area contributed by atoms with E-state index in [1.165, 1.54) is 0 Å². The summed E-state index contributed by atoms with van der Waals surface area (Å²) in [5.41, 5.74) is -0.153. The second-order valence-corrected chi connectivity index (χ2v) is 6.33. The standard InChI is InChI=1S/C16H14Cl2O4/c17-10-4-5-11(12(18)8-10)13-14(21-9-19)16(22-15(13)20)6-2-1-3-7-16/h4-5,8-9H,1-3,6-7H2. The normalized spacial score (nSPS) is 20.2. The molecule has 1 aliphatic heterocycles. The molecule has 0 N–H and O–H groups in total. The Hall–Kier alpha value is -1.52. The fraction of sp³-hybridized carbons (Fsp3) is 0.375. The van der Waals surface area contributed by atoms with Gasteiger partial charge in [0.15, 0.2) is 11.4 Å². The minimum atomic E-state index is -0.839. The zero-order chi connectivity index (χ0) is 15.7. The zero-order valence-electron chi connectivity index (χ0n) is 11.7. The van der Waals surface area contributed by atoms with Crippen LogP contribution in [0.15, 0.2) is 24.0 Å². The Morgan fingerprint density at radius 3 is 2.55 bits per heavy atom. The quantitative estimate of drug-likeness (QED) is 0.613. The third-order valence-corrected chi connectivity index (χ3v) is 4.71. The predicted octanol–water partition coefficient (Wildman–Crippen LogP) is 4.14. The molecular formula is C16H14Cl2O4. The van der Waals surface area contributed by atoms with Crippen LogP contribution in [0.25, 0.3) is 5.57 Å². The molecule has 0 bridgehead atoms. The van der Waals surface area contributed by atoms with Gasteiger partial charge in [-0.15, -0.1) is 0 Å². The molecule has 0 aromatic heterocycles. The summed E-state index contributed by atoms with van der Waals surface area (Å²) in [6, 6.07) is 4.81. The molecule has 1 aromatic rings. The maximum atomic E-state index is 12.4. The molecule has 0 saturated heterocycles. The number of benzene rings is 1. The number of rotatable bonds is 3. The molecule has 22 heavy (non-hydrogen) atoms. The molecule has 1 aliphatic carbocycles. The number of hydrogen-bond acceptors (Lipinski definition) is 4. The van der Waals surface area contributed by atoms with Crippen molar-refractivity contribution in [3.63, 3.8) is 0 Å². The molecule has 4 nitrogen and oxygen atoms in total. The minimum Gasteiger partial charge on any atom is -0.447 e. The highest BCUT2D eigenvalue weighted by Crippen LogP contribution is 2.47. The Labute approximate surface area is 138 Å². The molecule has 1 saturated carbocycles. The summed E-state index contributed by atoms with van der Waals surface area (Å²) in [4.78, 5) is 23.3. The number of carbonyl (C=O) groups is 2. The maximum Gasteiger partial charge on any atom is 0.343 e. The number of carbonyl (C=O) groups excluding carboxylic acids is 2. The minimum absolute atomic E-state index is 0.218. The van der Waals surface area contributed by atoms with Crippen molar-refractivity contribution in [2.24, 2.45) is 0 Å². The summed E-state index contributed by atoms with van der Waals surface area (Å²) in [6.07, 6.45) is 4.21. The van der Waals surface area contributed by atoms with Crippen LogP contribution in [-0.4, -0.2) is 18.0 Å². The lowest BCUT2D eigenvalue weighted by Crippen LogP contribution is -2.35.